The Morgan fingerprint density at radius 3 is 2.62 bits per heavy atom. The molecule has 1 atom stereocenters. The number of rotatable bonds is 3. The van der Waals surface area contributed by atoms with Crippen LogP contribution in [0.15, 0.2) is 24.3 Å². The Morgan fingerprint density at radius 2 is 2.05 bits per heavy atom. The van der Waals surface area contributed by atoms with Crippen molar-refractivity contribution in [1.29, 1.82) is 0 Å². The Bertz CT molecular complexity index is 590. The standard InChI is InChI=1S/C17H25N3O/c1-6-14(16(21)19-18)20-15-8-7-11(2)9-13(15)12(3)10-17(20,4)5/h7-10,14H,6,18H2,1-5H3,(H,19,21)/t14-/m0/s1. The minimum Gasteiger partial charge on any atom is -0.350 e. The first-order valence-corrected chi connectivity index (χ1v) is 7.42. The second-order valence-electron chi connectivity index (χ2n) is 6.30. The summed E-state index contributed by atoms with van der Waals surface area (Å²) in [5, 5.41) is 0. The lowest BCUT2D eigenvalue weighted by Crippen LogP contribution is -2.57. The predicted octanol–water partition coefficient (Wildman–Crippen LogP) is 2.77. The first-order chi connectivity index (χ1) is 9.81. The quantitative estimate of drug-likeness (QED) is 0.510. The summed E-state index contributed by atoms with van der Waals surface area (Å²) in [6.45, 7) is 10.5. The third kappa shape index (κ3) is 2.68. The van der Waals surface area contributed by atoms with Crippen LogP contribution in [-0.4, -0.2) is 17.5 Å². The highest BCUT2D eigenvalue weighted by Crippen LogP contribution is 2.41. The number of aryl methyl sites for hydroxylation is 1. The van der Waals surface area contributed by atoms with Gasteiger partial charge in [-0.1, -0.05) is 24.6 Å². The number of hydrazine groups is 1. The zero-order chi connectivity index (χ0) is 15.8. The van der Waals surface area contributed by atoms with E-state index in [-0.39, 0.29) is 17.5 Å². The average Bonchev–Trinajstić information content (AvgIpc) is 2.42. The number of hydrogen-bond acceptors (Lipinski definition) is 3. The predicted molar refractivity (Wildman–Crippen MR) is 87.8 cm³/mol. The maximum atomic E-state index is 12.2. The normalized spacial score (nSPS) is 17.8. The van der Waals surface area contributed by atoms with Crippen molar-refractivity contribution in [1.82, 2.24) is 5.43 Å². The second kappa shape index (κ2) is 5.53. The van der Waals surface area contributed by atoms with Crippen LogP contribution in [-0.2, 0) is 4.79 Å². The maximum absolute atomic E-state index is 12.2. The molecule has 1 aliphatic rings. The summed E-state index contributed by atoms with van der Waals surface area (Å²) < 4.78 is 0. The van der Waals surface area contributed by atoms with E-state index >= 15 is 0 Å². The van der Waals surface area contributed by atoms with E-state index in [1.165, 1.54) is 16.7 Å². The summed E-state index contributed by atoms with van der Waals surface area (Å²) in [7, 11) is 0. The summed E-state index contributed by atoms with van der Waals surface area (Å²) in [5.41, 5.74) is 6.83. The van der Waals surface area contributed by atoms with Crippen LogP contribution in [0.2, 0.25) is 0 Å². The van der Waals surface area contributed by atoms with Crippen LogP contribution in [0.3, 0.4) is 0 Å². The van der Waals surface area contributed by atoms with Crippen LogP contribution in [0.4, 0.5) is 5.69 Å². The van der Waals surface area contributed by atoms with E-state index in [2.05, 4.69) is 62.3 Å². The monoisotopic (exact) mass is 287 g/mol. The molecule has 1 heterocycles. The van der Waals surface area contributed by atoms with Crippen LogP contribution in [0, 0.1) is 6.92 Å². The highest BCUT2D eigenvalue weighted by Gasteiger charge is 2.38. The molecule has 21 heavy (non-hydrogen) atoms. The Kier molecular flexibility index (Phi) is 4.10. The molecule has 0 saturated carbocycles. The van der Waals surface area contributed by atoms with Gasteiger partial charge in [-0.3, -0.25) is 10.2 Å². The van der Waals surface area contributed by atoms with Crippen molar-refractivity contribution >= 4 is 17.2 Å². The SMILES string of the molecule is CC[C@@H](C(=O)NN)N1c2ccc(C)cc2C(C)=CC1(C)C. The Hall–Kier alpha value is -1.81. The van der Waals surface area contributed by atoms with E-state index in [4.69, 9.17) is 5.84 Å². The number of nitrogens with zero attached hydrogens (tertiary/aromatic N) is 1. The number of nitrogens with two attached hydrogens (primary N) is 1. The number of nitrogens with one attached hydrogen (secondary N) is 1. The summed E-state index contributed by atoms with van der Waals surface area (Å²) in [5.74, 6) is 5.23. The van der Waals surface area contributed by atoms with Crippen LogP contribution < -0.4 is 16.2 Å². The molecular weight excluding hydrogens is 262 g/mol. The fraction of sp³-hybridized carbons (Fsp3) is 0.471. The highest BCUT2D eigenvalue weighted by atomic mass is 16.2. The molecular formula is C17H25N3O. The molecule has 0 bridgehead atoms. The van der Waals surface area contributed by atoms with Crippen molar-refractivity contribution < 1.29 is 4.79 Å². The van der Waals surface area contributed by atoms with Crippen LogP contribution in [0.5, 0.6) is 0 Å². The number of hydrogen-bond donors (Lipinski definition) is 2. The minimum atomic E-state index is -0.282. The van der Waals surface area contributed by atoms with Gasteiger partial charge in [-0.25, -0.2) is 5.84 Å². The molecule has 4 heteroatoms. The van der Waals surface area contributed by atoms with E-state index in [1.54, 1.807) is 0 Å². The van der Waals surface area contributed by atoms with Gasteiger partial charge in [-0.15, -0.1) is 0 Å². The molecule has 0 aliphatic carbocycles. The fourth-order valence-corrected chi connectivity index (χ4v) is 3.31. The lowest BCUT2D eigenvalue weighted by Gasteiger charge is -2.47. The van der Waals surface area contributed by atoms with E-state index in [0.29, 0.717) is 6.42 Å². The zero-order valence-corrected chi connectivity index (χ0v) is 13.5. The van der Waals surface area contributed by atoms with Crippen molar-refractivity contribution in [3.05, 3.63) is 35.4 Å². The van der Waals surface area contributed by atoms with E-state index in [1.807, 2.05) is 6.92 Å². The van der Waals surface area contributed by atoms with Crippen molar-refractivity contribution in [3.63, 3.8) is 0 Å². The second-order valence-corrected chi connectivity index (χ2v) is 6.30. The van der Waals surface area contributed by atoms with Crippen LogP contribution in [0.25, 0.3) is 5.57 Å². The zero-order valence-electron chi connectivity index (χ0n) is 13.5. The molecule has 1 aliphatic heterocycles. The van der Waals surface area contributed by atoms with Crippen molar-refractivity contribution in [3.8, 4) is 0 Å². The number of carbonyl (C=O) groups excluding carboxylic acids is 1. The number of carbonyl (C=O) groups is 1. The van der Waals surface area contributed by atoms with Gasteiger partial charge in [0.15, 0.2) is 0 Å². The van der Waals surface area contributed by atoms with Gasteiger partial charge < -0.3 is 4.90 Å². The molecule has 1 amide bonds. The van der Waals surface area contributed by atoms with Gasteiger partial charge in [0, 0.05) is 11.3 Å². The van der Waals surface area contributed by atoms with Crippen molar-refractivity contribution in [2.75, 3.05) is 4.90 Å². The number of fused-ring (bicyclic) bond motifs is 1. The van der Waals surface area contributed by atoms with Crippen molar-refractivity contribution in [2.45, 2.75) is 52.6 Å². The van der Waals surface area contributed by atoms with Gasteiger partial charge in [0.05, 0.1) is 5.54 Å². The maximum Gasteiger partial charge on any atom is 0.256 e. The van der Waals surface area contributed by atoms with Gasteiger partial charge in [0.1, 0.15) is 6.04 Å². The summed E-state index contributed by atoms with van der Waals surface area (Å²) in [4.78, 5) is 14.4. The summed E-state index contributed by atoms with van der Waals surface area (Å²) in [6.07, 6.45) is 2.92. The number of allylic oxidation sites excluding steroid dienone is 1. The molecule has 3 N–H and O–H groups in total. The van der Waals surface area contributed by atoms with Crippen LogP contribution in [0.1, 0.15) is 45.2 Å². The third-order valence-corrected chi connectivity index (χ3v) is 4.17. The molecule has 114 valence electrons. The van der Waals surface area contributed by atoms with Crippen LogP contribution >= 0.6 is 0 Å². The highest BCUT2D eigenvalue weighted by molar-refractivity contribution is 5.89. The van der Waals surface area contributed by atoms with Gasteiger partial charge >= 0.3 is 0 Å². The lowest BCUT2D eigenvalue weighted by molar-refractivity contribution is -0.122. The molecule has 0 radical (unpaired) electrons. The van der Waals surface area contributed by atoms with Crippen molar-refractivity contribution in [2.24, 2.45) is 5.84 Å². The van der Waals surface area contributed by atoms with Gasteiger partial charge in [-0.2, -0.15) is 0 Å². The first-order valence-electron chi connectivity index (χ1n) is 7.42. The smallest absolute Gasteiger partial charge is 0.256 e. The van der Waals surface area contributed by atoms with Gasteiger partial charge in [0.25, 0.3) is 5.91 Å². The molecule has 4 nitrogen and oxygen atoms in total. The molecule has 2 rings (SSSR count). The van der Waals surface area contributed by atoms with E-state index in [9.17, 15) is 4.79 Å². The molecule has 0 aromatic heterocycles. The Labute approximate surface area is 127 Å². The fourth-order valence-electron chi connectivity index (χ4n) is 3.31. The Balaban J connectivity index is 2.62. The summed E-state index contributed by atoms with van der Waals surface area (Å²) >= 11 is 0. The summed E-state index contributed by atoms with van der Waals surface area (Å²) in [6, 6.07) is 6.09. The number of anilines is 1. The Morgan fingerprint density at radius 1 is 1.38 bits per heavy atom. The van der Waals surface area contributed by atoms with E-state index < -0.39 is 0 Å². The largest absolute Gasteiger partial charge is 0.350 e. The molecule has 1 aromatic rings. The lowest BCUT2D eigenvalue weighted by atomic mass is 9.86. The average molecular weight is 287 g/mol. The first kappa shape index (κ1) is 15.6. The van der Waals surface area contributed by atoms with Gasteiger partial charge in [-0.05, 0) is 51.8 Å². The molecule has 0 fully saturated rings. The molecule has 0 spiro atoms. The minimum absolute atomic E-state index is 0.148. The van der Waals surface area contributed by atoms with Gasteiger partial charge in [0.2, 0.25) is 0 Å². The third-order valence-electron chi connectivity index (χ3n) is 4.17. The molecule has 0 unspecified atom stereocenters. The number of benzene rings is 1. The number of amides is 1. The molecule has 1 aromatic carbocycles. The topological polar surface area (TPSA) is 58.4 Å². The molecule has 0 saturated heterocycles. The van der Waals surface area contributed by atoms with E-state index in [0.717, 1.165) is 5.69 Å².